The molecule has 3 heteroatoms. The van der Waals surface area contributed by atoms with E-state index in [9.17, 15) is 0 Å². The predicted molar refractivity (Wildman–Crippen MR) is 81.4 cm³/mol. The van der Waals surface area contributed by atoms with Crippen molar-refractivity contribution in [1.29, 1.82) is 0 Å². The van der Waals surface area contributed by atoms with Crippen LogP contribution in [0.1, 0.15) is 69.0 Å². The molecule has 1 saturated carbocycles. The van der Waals surface area contributed by atoms with Crippen LogP contribution < -0.4 is 5.73 Å². The van der Waals surface area contributed by atoms with Crippen LogP contribution in [0.4, 0.5) is 0 Å². The minimum Gasteiger partial charge on any atom is -0.319 e. The van der Waals surface area contributed by atoms with Crippen molar-refractivity contribution in [2.45, 2.75) is 71.8 Å². The van der Waals surface area contributed by atoms with Crippen LogP contribution in [0.2, 0.25) is 0 Å². The zero-order chi connectivity index (χ0) is 13.9. The molecule has 2 aliphatic rings. The molecule has 0 aromatic carbocycles. The van der Waals surface area contributed by atoms with E-state index in [0.717, 1.165) is 19.3 Å². The molecule has 0 bridgehead atoms. The summed E-state index contributed by atoms with van der Waals surface area (Å²) >= 11 is 1.89. The third-order valence-corrected chi connectivity index (χ3v) is 5.94. The minimum absolute atomic E-state index is 0.208. The molecule has 0 unspecified atom stereocenters. The zero-order valence-electron chi connectivity index (χ0n) is 12.7. The molecule has 0 saturated heterocycles. The van der Waals surface area contributed by atoms with Crippen LogP contribution in [0.5, 0.6) is 0 Å². The summed E-state index contributed by atoms with van der Waals surface area (Å²) in [6.45, 7) is 9.43. The second-order valence-corrected chi connectivity index (χ2v) is 9.34. The lowest BCUT2D eigenvalue weighted by Gasteiger charge is -2.49. The van der Waals surface area contributed by atoms with Crippen LogP contribution in [0.25, 0.3) is 0 Å². The molecule has 2 aliphatic carbocycles. The van der Waals surface area contributed by atoms with E-state index in [0.29, 0.717) is 10.8 Å². The van der Waals surface area contributed by atoms with E-state index < -0.39 is 0 Å². The van der Waals surface area contributed by atoms with Crippen LogP contribution in [-0.2, 0) is 18.4 Å². The van der Waals surface area contributed by atoms with Crippen molar-refractivity contribution in [2.24, 2.45) is 16.6 Å². The second-order valence-electron chi connectivity index (χ2n) is 8.26. The fourth-order valence-corrected chi connectivity index (χ4v) is 5.99. The number of fused-ring (bicyclic) bond motifs is 1. The Morgan fingerprint density at radius 2 is 1.63 bits per heavy atom. The molecule has 0 radical (unpaired) electrons. The Kier molecular flexibility index (Phi) is 2.89. The van der Waals surface area contributed by atoms with Crippen molar-refractivity contribution in [3.8, 4) is 0 Å². The molecule has 106 valence electrons. The third kappa shape index (κ3) is 2.47. The van der Waals surface area contributed by atoms with Crippen LogP contribution in [0.15, 0.2) is 0 Å². The van der Waals surface area contributed by atoms with Crippen molar-refractivity contribution < 1.29 is 0 Å². The molecule has 1 fully saturated rings. The maximum atomic E-state index is 6.84. The standard InChI is InChI=1S/C16H26N2S/c1-14(2)8-15(3,4)10-16(17,9-14)13-18-11-6-5-7-12(11)19-13/h5-10,17H2,1-4H3. The fraction of sp³-hybridized carbons (Fsp3) is 0.812. The zero-order valence-corrected chi connectivity index (χ0v) is 13.5. The lowest BCUT2D eigenvalue weighted by molar-refractivity contribution is 0.0469. The molecule has 0 aliphatic heterocycles. The monoisotopic (exact) mass is 278 g/mol. The topological polar surface area (TPSA) is 38.9 Å². The summed E-state index contributed by atoms with van der Waals surface area (Å²) in [6, 6.07) is 0. The Hall–Kier alpha value is -0.410. The summed E-state index contributed by atoms with van der Waals surface area (Å²) in [7, 11) is 0. The quantitative estimate of drug-likeness (QED) is 0.842. The number of hydrogen-bond donors (Lipinski definition) is 1. The number of aryl methyl sites for hydroxylation is 2. The van der Waals surface area contributed by atoms with Gasteiger partial charge in [0.25, 0.3) is 0 Å². The average Bonchev–Trinajstić information content (AvgIpc) is 2.68. The molecule has 0 amide bonds. The molecule has 3 rings (SSSR count). The van der Waals surface area contributed by atoms with Gasteiger partial charge in [0, 0.05) is 4.88 Å². The molecular formula is C16H26N2S. The SMILES string of the molecule is CC1(C)CC(C)(C)CC(N)(c2nc3c(s2)CCC3)C1. The van der Waals surface area contributed by atoms with Gasteiger partial charge < -0.3 is 5.73 Å². The summed E-state index contributed by atoms with van der Waals surface area (Å²) in [6.07, 6.45) is 7.04. The maximum absolute atomic E-state index is 6.84. The van der Waals surface area contributed by atoms with Crippen molar-refractivity contribution in [3.63, 3.8) is 0 Å². The number of nitrogens with zero attached hydrogens (tertiary/aromatic N) is 1. The number of rotatable bonds is 1. The van der Waals surface area contributed by atoms with E-state index in [2.05, 4.69) is 27.7 Å². The van der Waals surface area contributed by atoms with Gasteiger partial charge in [0.15, 0.2) is 0 Å². The summed E-state index contributed by atoms with van der Waals surface area (Å²) < 4.78 is 0. The molecule has 1 heterocycles. The first-order valence-electron chi connectivity index (χ1n) is 7.47. The molecular weight excluding hydrogens is 252 g/mol. The van der Waals surface area contributed by atoms with Gasteiger partial charge in [-0.2, -0.15) is 0 Å². The Labute approximate surface area is 120 Å². The number of thiazole rings is 1. The first kappa shape index (κ1) is 13.6. The maximum Gasteiger partial charge on any atom is 0.113 e. The highest BCUT2D eigenvalue weighted by molar-refractivity contribution is 7.12. The summed E-state index contributed by atoms with van der Waals surface area (Å²) in [4.78, 5) is 6.41. The van der Waals surface area contributed by atoms with Gasteiger partial charge in [0.2, 0.25) is 0 Å². The van der Waals surface area contributed by atoms with Crippen LogP contribution in [0, 0.1) is 10.8 Å². The molecule has 2 nitrogen and oxygen atoms in total. The molecule has 1 aromatic rings. The predicted octanol–water partition coefficient (Wildman–Crippen LogP) is 4.02. The van der Waals surface area contributed by atoms with Gasteiger partial charge in [-0.1, -0.05) is 27.7 Å². The van der Waals surface area contributed by atoms with E-state index in [-0.39, 0.29) is 5.54 Å². The number of aromatic nitrogens is 1. The van der Waals surface area contributed by atoms with Gasteiger partial charge in [0.1, 0.15) is 5.01 Å². The smallest absolute Gasteiger partial charge is 0.113 e. The Balaban J connectivity index is 1.96. The van der Waals surface area contributed by atoms with Gasteiger partial charge in [-0.25, -0.2) is 4.98 Å². The average molecular weight is 278 g/mol. The van der Waals surface area contributed by atoms with E-state index in [1.807, 2.05) is 11.3 Å². The normalized spacial score (nSPS) is 27.2. The van der Waals surface area contributed by atoms with Crippen LogP contribution in [0.3, 0.4) is 0 Å². The Morgan fingerprint density at radius 3 is 2.21 bits per heavy atom. The molecule has 2 N–H and O–H groups in total. The highest BCUT2D eigenvalue weighted by atomic mass is 32.1. The highest BCUT2D eigenvalue weighted by Gasteiger charge is 2.48. The van der Waals surface area contributed by atoms with Gasteiger partial charge in [-0.05, 0) is 49.4 Å². The van der Waals surface area contributed by atoms with Gasteiger partial charge >= 0.3 is 0 Å². The van der Waals surface area contributed by atoms with Crippen LogP contribution in [-0.4, -0.2) is 4.98 Å². The van der Waals surface area contributed by atoms with Crippen molar-refractivity contribution >= 4 is 11.3 Å². The Morgan fingerprint density at radius 1 is 1.00 bits per heavy atom. The first-order valence-corrected chi connectivity index (χ1v) is 8.29. The van der Waals surface area contributed by atoms with E-state index >= 15 is 0 Å². The minimum atomic E-state index is -0.208. The van der Waals surface area contributed by atoms with E-state index in [4.69, 9.17) is 10.7 Å². The molecule has 19 heavy (non-hydrogen) atoms. The lowest BCUT2D eigenvalue weighted by Crippen LogP contribution is -2.49. The van der Waals surface area contributed by atoms with Gasteiger partial charge in [0.05, 0.1) is 11.2 Å². The first-order chi connectivity index (χ1) is 8.69. The highest BCUT2D eigenvalue weighted by Crippen LogP contribution is 2.53. The van der Waals surface area contributed by atoms with Gasteiger partial charge in [-0.3, -0.25) is 0 Å². The summed E-state index contributed by atoms with van der Waals surface area (Å²) in [5.41, 5.74) is 8.60. The van der Waals surface area contributed by atoms with Crippen LogP contribution >= 0.6 is 11.3 Å². The van der Waals surface area contributed by atoms with Crippen molar-refractivity contribution in [2.75, 3.05) is 0 Å². The summed E-state index contributed by atoms with van der Waals surface area (Å²) in [5.74, 6) is 0. The largest absolute Gasteiger partial charge is 0.319 e. The van der Waals surface area contributed by atoms with Crippen molar-refractivity contribution in [3.05, 3.63) is 15.6 Å². The lowest BCUT2D eigenvalue weighted by atomic mass is 9.59. The fourth-order valence-electron chi connectivity index (χ4n) is 4.75. The molecule has 0 spiro atoms. The second kappa shape index (κ2) is 4.05. The third-order valence-electron chi connectivity index (χ3n) is 4.57. The number of hydrogen-bond acceptors (Lipinski definition) is 3. The molecule has 1 aromatic heterocycles. The van der Waals surface area contributed by atoms with E-state index in [1.54, 1.807) is 0 Å². The van der Waals surface area contributed by atoms with Gasteiger partial charge in [-0.15, -0.1) is 11.3 Å². The van der Waals surface area contributed by atoms with E-state index in [1.165, 1.54) is 34.8 Å². The molecule has 0 atom stereocenters. The van der Waals surface area contributed by atoms with Crippen molar-refractivity contribution in [1.82, 2.24) is 4.98 Å². The Bertz CT molecular complexity index is 461. The number of nitrogens with two attached hydrogens (primary N) is 1. The summed E-state index contributed by atoms with van der Waals surface area (Å²) in [5, 5.41) is 1.21.